The van der Waals surface area contributed by atoms with Gasteiger partial charge in [0.2, 0.25) is 10.0 Å². The normalized spacial score (nSPS) is 12.5. The second-order valence-electron chi connectivity index (χ2n) is 7.39. The molecule has 2 N–H and O–H groups in total. The number of hydrogen-bond donors (Lipinski definition) is 2. The van der Waals surface area contributed by atoms with E-state index in [9.17, 15) is 18.0 Å². The lowest BCUT2D eigenvalue weighted by Gasteiger charge is -2.21. The van der Waals surface area contributed by atoms with Gasteiger partial charge >= 0.3 is 5.97 Å². The number of carbonyl (C=O) groups is 2. The molecule has 10 heteroatoms. The molecule has 168 valence electrons. The fourth-order valence-electron chi connectivity index (χ4n) is 2.78. The maximum atomic E-state index is 12.6. The average molecular weight is 487 g/mol. The lowest BCUT2D eigenvalue weighted by Crippen LogP contribution is -2.45. The van der Waals surface area contributed by atoms with Crippen LogP contribution in [-0.4, -0.2) is 32.9 Å². The molecule has 2 aromatic carbocycles. The Morgan fingerprint density at radius 3 is 2.23 bits per heavy atom. The molecule has 1 atom stereocenters. The van der Waals surface area contributed by atoms with E-state index in [4.69, 9.17) is 27.9 Å². The van der Waals surface area contributed by atoms with Crippen molar-refractivity contribution in [1.29, 1.82) is 0 Å². The van der Waals surface area contributed by atoms with Gasteiger partial charge in [-0.2, -0.15) is 4.72 Å². The molecule has 7 nitrogen and oxygen atoms in total. The maximum Gasteiger partial charge on any atom is 0.324 e. The van der Waals surface area contributed by atoms with Crippen LogP contribution in [0.5, 0.6) is 0 Å². The van der Waals surface area contributed by atoms with Gasteiger partial charge in [0.05, 0.1) is 15.6 Å². The predicted octanol–water partition coefficient (Wildman–Crippen LogP) is 4.10. The Labute approximate surface area is 192 Å². The molecule has 0 radical (unpaired) electrons. The predicted molar refractivity (Wildman–Crippen MR) is 121 cm³/mol. The standard InChI is InChI=1S/C21H24Cl2N2O5S/c1-12(2)19(25-31(28,29)16-7-5-15(22)6-8-16)21(27)30-11-18(26)24-20-14(4)9-13(3)10-17(20)23/h5-10,12,19,25H,11H2,1-4H3,(H,24,26). The SMILES string of the molecule is Cc1cc(C)c(NC(=O)COC(=O)C(NS(=O)(=O)c2ccc(Cl)cc2)C(C)C)c(Cl)c1. The van der Waals surface area contributed by atoms with Crippen molar-refractivity contribution in [2.45, 2.75) is 38.6 Å². The molecule has 0 aliphatic rings. The number of hydrogen-bond acceptors (Lipinski definition) is 5. The molecule has 0 heterocycles. The lowest BCUT2D eigenvalue weighted by molar-refractivity contribution is -0.150. The molecule has 2 rings (SSSR count). The summed E-state index contributed by atoms with van der Waals surface area (Å²) in [6.45, 7) is 6.40. The number of rotatable bonds is 8. The molecular weight excluding hydrogens is 463 g/mol. The molecule has 0 bridgehead atoms. The average Bonchev–Trinajstić information content (AvgIpc) is 2.67. The number of sulfonamides is 1. The van der Waals surface area contributed by atoms with Crippen molar-refractivity contribution in [3.8, 4) is 0 Å². The number of anilines is 1. The van der Waals surface area contributed by atoms with Crippen molar-refractivity contribution >= 4 is 50.8 Å². The summed E-state index contributed by atoms with van der Waals surface area (Å²) in [5.41, 5.74) is 2.14. The smallest absolute Gasteiger partial charge is 0.324 e. The van der Waals surface area contributed by atoms with E-state index in [1.165, 1.54) is 24.3 Å². The van der Waals surface area contributed by atoms with Crippen molar-refractivity contribution in [2.75, 3.05) is 11.9 Å². The molecule has 1 amide bonds. The second-order valence-corrected chi connectivity index (χ2v) is 9.95. The van der Waals surface area contributed by atoms with Gasteiger partial charge in [-0.05, 0) is 61.2 Å². The first kappa shape index (κ1) is 25.1. The van der Waals surface area contributed by atoms with E-state index in [0.29, 0.717) is 15.7 Å². The molecule has 0 saturated heterocycles. The Morgan fingerprint density at radius 2 is 1.68 bits per heavy atom. The van der Waals surface area contributed by atoms with Gasteiger partial charge in [-0.3, -0.25) is 9.59 Å². The van der Waals surface area contributed by atoms with Crippen molar-refractivity contribution in [3.63, 3.8) is 0 Å². The quantitative estimate of drug-likeness (QED) is 0.546. The molecule has 0 saturated carbocycles. The van der Waals surface area contributed by atoms with Gasteiger partial charge in [0, 0.05) is 5.02 Å². The molecule has 1 unspecified atom stereocenters. The lowest BCUT2D eigenvalue weighted by atomic mass is 10.1. The van der Waals surface area contributed by atoms with Crippen LogP contribution in [0.1, 0.15) is 25.0 Å². The zero-order valence-corrected chi connectivity index (χ0v) is 19.9. The molecule has 0 aliphatic heterocycles. The summed E-state index contributed by atoms with van der Waals surface area (Å²) in [5, 5.41) is 3.36. The second kappa shape index (κ2) is 10.5. The number of ether oxygens (including phenoxy) is 1. The van der Waals surface area contributed by atoms with Gasteiger partial charge in [0.15, 0.2) is 6.61 Å². The minimum absolute atomic E-state index is 0.0439. The van der Waals surface area contributed by atoms with Crippen LogP contribution in [0.4, 0.5) is 5.69 Å². The number of amides is 1. The van der Waals surface area contributed by atoms with Crippen LogP contribution in [0, 0.1) is 19.8 Å². The third-order valence-electron chi connectivity index (χ3n) is 4.37. The van der Waals surface area contributed by atoms with E-state index in [-0.39, 0.29) is 4.90 Å². The molecule has 2 aromatic rings. The van der Waals surface area contributed by atoms with Crippen LogP contribution < -0.4 is 10.0 Å². The minimum atomic E-state index is -4.00. The van der Waals surface area contributed by atoms with Gasteiger partial charge in [0.1, 0.15) is 6.04 Å². The molecule has 0 spiro atoms. The molecule has 31 heavy (non-hydrogen) atoms. The zero-order valence-electron chi connectivity index (χ0n) is 17.5. The van der Waals surface area contributed by atoms with Crippen LogP contribution in [0.15, 0.2) is 41.3 Å². The van der Waals surface area contributed by atoms with Crippen LogP contribution in [0.25, 0.3) is 0 Å². The summed E-state index contributed by atoms with van der Waals surface area (Å²) in [6.07, 6.45) is 0. The van der Waals surface area contributed by atoms with Gasteiger partial charge < -0.3 is 10.1 Å². The monoisotopic (exact) mass is 486 g/mol. The molecular formula is C21H24Cl2N2O5S. The summed E-state index contributed by atoms with van der Waals surface area (Å²) in [5.74, 6) is -1.88. The summed E-state index contributed by atoms with van der Waals surface area (Å²) in [6, 6.07) is 7.90. The summed E-state index contributed by atoms with van der Waals surface area (Å²) in [7, 11) is -4.00. The maximum absolute atomic E-state index is 12.6. The van der Waals surface area contributed by atoms with E-state index < -0.39 is 40.5 Å². The van der Waals surface area contributed by atoms with E-state index in [0.717, 1.165) is 11.1 Å². The topological polar surface area (TPSA) is 102 Å². The van der Waals surface area contributed by atoms with Gasteiger partial charge in [-0.25, -0.2) is 8.42 Å². The highest BCUT2D eigenvalue weighted by Gasteiger charge is 2.30. The van der Waals surface area contributed by atoms with Gasteiger partial charge in [0.25, 0.3) is 5.91 Å². The largest absolute Gasteiger partial charge is 0.454 e. The Kier molecular flexibility index (Phi) is 8.48. The van der Waals surface area contributed by atoms with Crippen LogP contribution >= 0.6 is 23.2 Å². The van der Waals surface area contributed by atoms with E-state index in [1.807, 2.05) is 13.0 Å². The van der Waals surface area contributed by atoms with Crippen LogP contribution in [0.2, 0.25) is 10.0 Å². The molecule has 0 fully saturated rings. The zero-order chi connectivity index (χ0) is 23.3. The number of nitrogens with one attached hydrogen (secondary N) is 2. The number of aryl methyl sites for hydroxylation is 2. The highest BCUT2D eigenvalue weighted by molar-refractivity contribution is 7.89. The first-order valence-corrected chi connectivity index (χ1v) is 11.7. The highest BCUT2D eigenvalue weighted by Crippen LogP contribution is 2.27. The highest BCUT2D eigenvalue weighted by atomic mass is 35.5. The Morgan fingerprint density at radius 1 is 1.06 bits per heavy atom. The number of esters is 1. The molecule has 0 aromatic heterocycles. The van der Waals surface area contributed by atoms with E-state index >= 15 is 0 Å². The fourth-order valence-corrected chi connectivity index (χ4v) is 4.61. The van der Waals surface area contributed by atoms with E-state index in [1.54, 1.807) is 26.8 Å². The summed E-state index contributed by atoms with van der Waals surface area (Å²) < 4.78 is 32.6. The van der Waals surface area contributed by atoms with E-state index in [2.05, 4.69) is 10.0 Å². The Hall–Kier alpha value is -2.13. The molecule has 0 aliphatic carbocycles. The summed E-state index contributed by atoms with van der Waals surface area (Å²) in [4.78, 5) is 24.7. The minimum Gasteiger partial charge on any atom is -0.454 e. The first-order chi connectivity index (χ1) is 14.4. The van der Waals surface area contributed by atoms with Crippen LogP contribution in [0.3, 0.4) is 0 Å². The number of halogens is 2. The van der Waals surface area contributed by atoms with Gasteiger partial charge in [-0.15, -0.1) is 0 Å². The summed E-state index contributed by atoms with van der Waals surface area (Å²) >= 11 is 12.0. The fraction of sp³-hybridized carbons (Fsp3) is 0.333. The van der Waals surface area contributed by atoms with Crippen molar-refractivity contribution in [1.82, 2.24) is 4.72 Å². The third-order valence-corrected chi connectivity index (χ3v) is 6.38. The third kappa shape index (κ3) is 6.93. The van der Waals surface area contributed by atoms with Crippen molar-refractivity contribution in [2.24, 2.45) is 5.92 Å². The number of benzene rings is 2. The van der Waals surface area contributed by atoms with Crippen LogP contribution in [-0.2, 0) is 24.3 Å². The van der Waals surface area contributed by atoms with Crippen molar-refractivity contribution in [3.05, 3.63) is 57.6 Å². The Bertz CT molecular complexity index is 1050. The number of carbonyl (C=O) groups excluding carboxylic acids is 2. The Balaban J connectivity index is 2.04. The van der Waals surface area contributed by atoms with Gasteiger partial charge in [-0.1, -0.05) is 43.1 Å². The first-order valence-electron chi connectivity index (χ1n) is 9.42. The van der Waals surface area contributed by atoms with Crippen molar-refractivity contribution < 1.29 is 22.7 Å².